The van der Waals surface area contributed by atoms with Crippen LogP contribution in [0.1, 0.15) is 32.6 Å². The van der Waals surface area contributed by atoms with E-state index in [-0.39, 0.29) is 12.6 Å². The summed E-state index contributed by atoms with van der Waals surface area (Å²) in [5.41, 5.74) is 0. The smallest absolute Gasteiger partial charge is 0.0582 e. The highest BCUT2D eigenvalue weighted by molar-refractivity contribution is 4.98. The zero-order chi connectivity index (χ0) is 8.55. The number of aliphatic hydroxyl groups is 1. The molecule has 0 spiro atoms. The van der Waals surface area contributed by atoms with E-state index in [2.05, 4.69) is 12.2 Å². The monoisotopic (exact) mass is 169 g/mol. The van der Waals surface area contributed by atoms with Crippen LogP contribution in [0.5, 0.6) is 0 Å². The van der Waals surface area contributed by atoms with Crippen molar-refractivity contribution in [2.24, 2.45) is 11.8 Å². The van der Waals surface area contributed by atoms with Gasteiger partial charge < -0.3 is 10.4 Å². The van der Waals surface area contributed by atoms with Crippen molar-refractivity contribution in [3.05, 3.63) is 0 Å². The molecule has 0 bridgehead atoms. The maximum absolute atomic E-state index is 8.88. The molecule has 2 unspecified atom stereocenters. The second kappa shape index (κ2) is 3.35. The minimum atomic E-state index is 0.272. The van der Waals surface area contributed by atoms with E-state index in [0.29, 0.717) is 0 Å². The maximum Gasteiger partial charge on any atom is 0.0582 e. The molecule has 2 heteroatoms. The number of aliphatic hydroxyl groups excluding tert-OH is 1. The van der Waals surface area contributed by atoms with Gasteiger partial charge in [-0.2, -0.15) is 0 Å². The summed E-state index contributed by atoms with van der Waals surface area (Å²) in [6.07, 6.45) is 5.66. The molecule has 2 N–H and O–H groups in total. The molecular weight excluding hydrogens is 150 g/mol. The zero-order valence-corrected chi connectivity index (χ0v) is 7.79. The highest BCUT2D eigenvalue weighted by Crippen LogP contribution is 2.46. The summed E-state index contributed by atoms with van der Waals surface area (Å²) >= 11 is 0. The first-order valence-corrected chi connectivity index (χ1v) is 5.18. The van der Waals surface area contributed by atoms with Crippen LogP contribution in [-0.2, 0) is 0 Å². The predicted molar refractivity (Wildman–Crippen MR) is 48.9 cm³/mol. The summed E-state index contributed by atoms with van der Waals surface area (Å²) in [6, 6.07) is 1.01. The molecule has 2 rings (SSSR count). The third-order valence-corrected chi connectivity index (χ3v) is 3.56. The number of hydrogen-bond donors (Lipinski definition) is 2. The predicted octanol–water partition coefficient (Wildman–Crippen LogP) is 1.15. The Balaban J connectivity index is 1.77. The highest BCUT2D eigenvalue weighted by Gasteiger charge is 2.43. The summed E-state index contributed by atoms with van der Waals surface area (Å²) in [5, 5.41) is 12.4. The molecule has 0 aliphatic heterocycles. The van der Waals surface area contributed by atoms with Crippen LogP contribution in [0.25, 0.3) is 0 Å². The molecule has 0 saturated heterocycles. The first-order chi connectivity index (χ1) is 5.81. The van der Waals surface area contributed by atoms with Crippen molar-refractivity contribution in [3.8, 4) is 0 Å². The second-order valence-corrected chi connectivity index (χ2v) is 4.45. The van der Waals surface area contributed by atoms with Gasteiger partial charge in [0.15, 0.2) is 0 Å². The van der Waals surface area contributed by atoms with Crippen molar-refractivity contribution in [1.82, 2.24) is 5.32 Å². The summed E-state index contributed by atoms with van der Waals surface area (Å²) < 4.78 is 0. The van der Waals surface area contributed by atoms with Gasteiger partial charge in [-0.25, -0.2) is 0 Å². The van der Waals surface area contributed by atoms with Crippen molar-refractivity contribution in [2.75, 3.05) is 6.61 Å². The summed E-state index contributed by atoms with van der Waals surface area (Å²) in [5.74, 6) is 1.97. The average Bonchev–Trinajstić information content (AvgIpc) is 2.42. The van der Waals surface area contributed by atoms with Gasteiger partial charge >= 0.3 is 0 Å². The standard InChI is InChI=1S/C10H19NO/c1-7(6-12)11-10-5-8-3-2-4-9(8)10/h7-12H,2-6H2,1H3/t7?,8-,9-,10?/m0/s1. The van der Waals surface area contributed by atoms with Crippen molar-refractivity contribution in [3.63, 3.8) is 0 Å². The number of fused-ring (bicyclic) bond motifs is 1. The lowest BCUT2D eigenvalue weighted by Gasteiger charge is -2.42. The SMILES string of the molecule is CC(CO)NC1C[C@@H]2CCC[C@H]12. The second-order valence-electron chi connectivity index (χ2n) is 4.45. The van der Waals surface area contributed by atoms with Gasteiger partial charge in [0, 0.05) is 12.1 Å². The van der Waals surface area contributed by atoms with Gasteiger partial charge in [0.25, 0.3) is 0 Å². The topological polar surface area (TPSA) is 32.3 Å². The molecule has 2 nitrogen and oxygen atoms in total. The minimum Gasteiger partial charge on any atom is -0.395 e. The Kier molecular flexibility index (Phi) is 2.37. The third kappa shape index (κ3) is 1.38. The van der Waals surface area contributed by atoms with Crippen LogP contribution in [0, 0.1) is 11.8 Å². The average molecular weight is 169 g/mol. The fraction of sp³-hybridized carbons (Fsp3) is 1.00. The molecule has 2 fully saturated rings. The van der Waals surface area contributed by atoms with E-state index in [4.69, 9.17) is 5.11 Å². The largest absolute Gasteiger partial charge is 0.395 e. The molecular formula is C10H19NO. The van der Waals surface area contributed by atoms with E-state index in [1.807, 2.05) is 0 Å². The van der Waals surface area contributed by atoms with Crippen molar-refractivity contribution < 1.29 is 5.11 Å². The van der Waals surface area contributed by atoms with E-state index >= 15 is 0 Å². The quantitative estimate of drug-likeness (QED) is 0.664. The highest BCUT2D eigenvalue weighted by atomic mass is 16.3. The molecule has 0 aromatic rings. The van der Waals surface area contributed by atoms with Crippen molar-refractivity contribution in [1.29, 1.82) is 0 Å². The molecule has 0 aromatic heterocycles. The summed E-state index contributed by atoms with van der Waals surface area (Å²) in [4.78, 5) is 0. The molecule has 12 heavy (non-hydrogen) atoms. The first kappa shape index (κ1) is 8.52. The molecule has 2 aliphatic carbocycles. The Morgan fingerprint density at radius 2 is 2.33 bits per heavy atom. The van der Waals surface area contributed by atoms with E-state index in [1.165, 1.54) is 25.7 Å². The van der Waals surface area contributed by atoms with Gasteiger partial charge in [0.1, 0.15) is 0 Å². The molecule has 0 radical (unpaired) electrons. The van der Waals surface area contributed by atoms with Crippen LogP contribution in [0.2, 0.25) is 0 Å². The fourth-order valence-corrected chi connectivity index (χ4v) is 2.80. The third-order valence-electron chi connectivity index (χ3n) is 3.56. The van der Waals surface area contributed by atoms with Crippen LogP contribution in [0.15, 0.2) is 0 Å². The van der Waals surface area contributed by atoms with Crippen LogP contribution < -0.4 is 5.32 Å². The van der Waals surface area contributed by atoms with E-state index < -0.39 is 0 Å². The van der Waals surface area contributed by atoms with Gasteiger partial charge in [-0.3, -0.25) is 0 Å². The van der Waals surface area contributed by atoms with Gasteiger partial charge in [0.05, 0.1) is 6.61 Å². The first-order valence-electron chi connectivity index (χ1n) is 5.18. The zero-order valence-electron chi connectivity index (χ0n) is 7.79. The summed E-state index contributed by atoms with van der Waals surface area (Å²) in [7, 11) is 0. The lowest BCUT2D eigenvalue weighted by molar-refractivity contribution is 0.113. The lowest BCUT2D eigenvalue weighted by atomic mass is 9.71. The molecule has 0 heterocycles. The van der Waals surface area contributed by atoms with Gasteiger partial charge in [-0.1, -0.05) is 12.8 Å². The van der Waals surface area contributed by atoms with Crippen molar-refractivity contribution >= 4 is 0 Å². The van der Waals surface area contributed by atoms with Gasteiger partial charge in [0.2, 0.25) is 0 Å². The maximum atomic E-state index is 8.88. The number of nitrogens with one attached hydrogen (secondary N) is 1. The van der Waals surface area contributed by atoms with Gasteiger partial charge in [-0.15, -0.1) is 0 Å². The Hall–Kier alpha value is -0.0800. The van der Waals surface area contributed by atoms with Crippen LogP contribution >= 0.6 is 0 Å². The van der Waals surface area contributed by atoms with Crippen LogP contribution in [-0.4, -0.2) is 23.8 Å². The Bertz CT molecular complexity index is 160. The number of hydrogen-bond acceptors (Lipinski definition) is 2. The van der Waals surface area contributed by atoms with Crippen LogP contribution in [0.3, 0.4) is 0 Å². The Labute approximate surface area is 74.4 Å². The molecule has 0 aromatic carbocycles. The van der Waals surface area contributed by atoms with E-state index in [1.54, 1.807) is 0 Å². The fourth-order valence-electron chi connectivity index (χ4n) is 2.80. The minimum absolute atomic E-state index is 0.272. The van der Waals surface area contributed by atoms with E-state index in [0.717, 1.165) is 17.9 Å². The Morgan fingerprint density at radius 3 is 3.00 bits per heavy atom. The van der Waals surface area contributed by atoms with Gasteiger partial charge in [-0.05, 0) is 31.6 Å². The van der Waals surface area contributed by atoms with E-state index in [9.17, 15) is 0 Å². The van der Waals surface area contributed by atoms with Crippen molar-refractivity contribution in [2.45, 2.75) is 44.7 Å². The molecule has 0 amide bonds. The summed E-state index contributed by atoms with van der Waals surface area (Å²) in [6.45, 7) is 2.33. The Morgan fingerprint density at radius 1 is 1.50 bits per heavy atom. The van der Waals surface area contributed by atoms with Crippen LogP contribution in [0.4, 0.5) is 0 Å². The normalized spacial score (nSPS) is 42.0. The molecule has 4 atom stereocenters. The lowest BCUT2D eigenvalue weighted by Crippen LogP contribution is -2.51. The number of rotatable bonds is 3. The molecule has 2 saturated carbocycles. The molecule has 2 aliphatic rings. The molecule has 70 valence electrons.